The van der Waals surface area contributed by atoms with Gasteiger partial charge in [-0.2, -0.15) is 5.10 Å². The second-order valence-corrected chi connectivity index (χ2v) is 7.20. The molecule has 1 N–H and O–H groups in total. The third-order valence-electron chi connectivity index (χ3n) is 5.18. The largest absolute Gasteiger partial charge is 0.490 e. The van der Waals surface area contributed by atoms with Crippen molar-refractivity contribution >= 4 is 5.91 Å². The number of fused-ring (bicyclic) bond motifs is 1. The van der Waals surface area contributed by atoms with Crippen LogP contribution < -0.4 is 9.47 Å². The predicted molar refractivity (Wildman–Crippen MR) is 103 cm³/mol. The van der Waals surface area contributed by atoms with E-state index in [9.17, 15) is 4.79 Å². The Morgan fingerprint density at radius 2 is 1.89 bits per heavy atom. The number of aliphatic hydroxyl groups excluding tert-OH is 1. The maximum Gasteiger partial charge on any atom is 0.248 e. The Bertz CT molecular complexity index is 843. The first kappa shape index (κ1) is 18.8. The zero-order valence-corrected chi connectivity index (χ0v) is 16.1. The lowest BCUT2D eigenvalue weighted by atomic mass is 10.1. The van der Waals surface area contributed by atoms with Crippen LogP contribution in [0.2, 0.25) is 0 Å². The van der Waals surface area contributed by atoms with E-state index in [2.05, 4.69) is 10.00 Å². The molecule has 1 aromatic carbocycles. The van der Waals surface area contributed by atoms with Crippen LogP contribution in [0.1, 0.15) is 12.0 Å². The molecular formula is C20H26N4O4. The summed E-state index contributed by atoms with van der Waals surface area (Å²) in [4.78, 5) is 15.7. The van der Waals surface area contributed by atoms with Crippen molar-refractivity contribution < 1.29 is 19.4 Å². The molecule has 1 aromatic heterocycles. The number of benzene rings is 1. The van der Waals surface area contributed by atoms with Gasteiger partial charge in [0, 0.05) is 63.5 Å². The number of ether oxygens (including phenoxy) is 2. The molecule has 3 heterocycles. The van der Waals surface area contributed by atoms with Crippen LogP contribution in [0.4, 0.5) is 0 Å². The highest BCUT2D eigenvalue weighted by atomic mass is 16.5. The third kappa shape index (κ3) is 3.98. The number of rotatable bonds is 4. The molecule has 0 atom stereocenters. The number of nitrogens with zero attached hydrogens (tertiary/aromatic N) is 4. The number of hydrogen-bond acceptors (Lipinski definition) is 6. The fraction of sp³-hybridized carbons (Fsp3) is 0.500. The minimum absolute atomic E-state index is 0.200. The van der Waals surface area contributed by atoms with E-state index >= 15 is 0 Å². The van der Waals surface area contributed by atoms with Gasteiger partial charge in [-0.1, -0.05) is 0 Å². The van der Waals surface area contributed by atoms with Crippen LogP contribution in [-0.2, 0) is 18.4 Å². The zero-order valence-electron chi connectivity index (χ0n) is 16.1. The molecule has 0 unspecified atom stereocenters. The summed E-state index contributed by atoms with van der Waals surface area (Å²) in [7, 11) is 1.92. The van der Waals surface area contributed by atoms with Crippen molar-refractivity contribution in [3.63, 3.8) is 0 Å². The number of aliphatic hydroxyl groups is 1. The van der Waals surface area contributed by atoms with Crippen LogP contribution in [0, 0.1) is 0 Å². The van der Waals surface area contributed by atoms with Crippen molar-refractivity contribution in [1.29, 1.82) is 0 Å². The molecule has 1 fully saturated rings. The van der Waals surface area contributed by atoms with Crippen LogP contribution >= 0.6 is 0 Å². The van der Waals surface area contributed by atoms with Crippen molar-refractivity contribution in [2.75, 3.05) is 46.0 Å². The average molecular weight is 386 g/mol. The number of aryl methyl sites for hydroxylation is 1. The summed E-state index contributed by atoms with van der Waals surface area (Å²) in [6.45, 7) is 4.50. The van der Waals surface area contributed by atoms with Crippen molar-refractivity contribution in [2.24, 2.45) is 7.05 Å². The number of carbonyl (C=O) groups is 1. The van der Waals surface area contributed by atoms with Gasteiger partial charge in [-0.3, -0.25) is 14.4 Å². The monoisotopic (exact) mass is 386 g/mol. The van der Waals surface area contributed by atoms with E-state index in [4.69, 9.17) is 14.6 Å². The van der Waals surface area contributed by atoms with Crippen LogP contribution in [0.3, 0.4) is 0 Å². The fourth-order valence-electron chi connectivity index (χ4n) is 3.70. The molecule has 0 bridgehead atoms. The molecule has 150 valence electrons. The topological polar surface area (TPSA) is 80.1 Å². The van der Waals surface area contributed by atoms with E-state index in [0.29, 0.717) is 26.3 Å². The van der Waals surface area contributed by atoms with E-state index < -0.39 is 6.61 Å². The third-order valence-corrected chi connectivity index (χ3v) is 5.18. The zero-order chi connectivity index (χ0) is 19.5. The predicted octanol–water partition coefficient (Wildman–Crippen LogP) is 0.885. The number of carbonyl (C=O) groups excluding carboxylic acids is 1. The van der Waals surface area contributed by atoms with Gasteiger partial charge in [-0.05, 0) is 18.2 Å². The first-order valence-corrected chi connectivity index (χ1v) is 9.67. The van der Waals surface area contributed by atoms with Crippen LogP contribution in [0.15, 0.2) is 24.4 Å². The standard InChI is InChI=1S/C20H26N4O4/c1-22-12-16(13-23-5-7-24(8-6-23)19(26)14-25)20(21-22)15-3-4-17-18(11-15)28-10-2-9-27-17/h3-4,11-12,25H,2,5-10,13-14H2,1H3. The summed E-state index contributed by atoms with van der Waals surface area (Å²) >= 11 is 0. The van der Waals surface area contributed by atoms with E-state index in [0.717, 1.165) is 54.4 Å². The molecule has 1 saturated heterocycles. The molecule has 2 aromatic rings. The van der Waals surface area contributed by atoms with Gasteiger partial charge in [0.1, 0.15) is 6.61 Å². The summed E-state index contributed by atoms with van der Waals surface area (Å²) in [5.41, 5.74) is 3.08. The van der Waals surface area contributed by atoms with E-state index in [1.807, 2.05) is 36.1 Å². The molecule has 0 saturated carbocycles. The molecule has 1 amide bonds. The summed E-state index contributed by atoms with van der Waals surface area (Å²) in [6.07, 6.45) is 2.92. The summed E-state index contributed by atoms with van der Waals surface area (Å²) in [5.74, 6) is 1.35. The lowest BCUT2D eigenvalue weighted by Crippen LogP contribution is -2.49. The minimum Gasteiger partial charge on any atom is -0.490 e. The lowest BCUT2D eigenvalue weighted by molar-refractivity contribution is -0.135. The van der Waals surface area contributed by atoms with Crippen molar-refractivity contribution in [2.45, 2.75) is 13.0 Å². The maximum atomic E-state index is 11.6. The molecule has 8 nitrogen and oxygen atoms in total. The van der Waals surface area contributed by atoms with Crippen molar-refractivity contribution in [3.8, 4) is 22.8 Å². The van der Waals surface area contributed by atoms with E-state index in [1.54, 1.807) is 4.90 Å². The Balaban J connectivity index is 1.50. The number of amides is 1. The Morgan fingerprint density at radius 3 is 2.64 bits per heavy atom. The van der Waals surface area contributed by atoms with Crippen LogP contribution in [0.25, 0.3) is 11.3 Å². The Labute approximate surface area is 164 Å². The van der Waals surface area contributed by atoms with Gasteiger partial charge in [0.05, 0.1) is 18.9 Å². The van der Waals surface area contributed by atoms with Gasteiger partial charge >= 0.3 is 0 Å². The van der Waals surface area contributed by atoms with Crippen molar-refractivity contribution in [3.05, 3.63) is 30.0 Å². The van der Waals surface area contributed by atoms with Gasteiger partial charge in [0.25, 0.3) is 0 Å². The highest BCUT2D eigenvalue weighted by Crippen LogP contribution is 2.35. The highest BCUT2D eigenvalue weighted by molar-refractivity contribution is 5.77. The second-order valence-electron chi connectivity index (χ2n) is 7.20. The average Bonchev–Trinajstić information content (AvgIpc) is 2.93. The molecule has 0 radical (unpaired) electrons. The number of hydrogen-bond donors (Lipinski definition) is 1. The Kier molecular flexibility index (Phi) is 5.50. The van der Waals surface area contributed by atoms with Gasteiger partial charge < -0.3 is 19.5 Å². The lowest BCUT2D eigenvalue weighted by Gasteiger charge is -2.34. The second kappa shape index (κ2) is 8.20. The van der Waals surface area contributed by atoms with Crippen molar-refractivity contribution in [1.82, 2.24) is 19.6 Å². The first-order valence-electron chi connectivity index (χ1n) is 9.67. The van der Waals surface area contributed by atoms with E-state index in [-0.39, 0.29) is 5.91 Å². The molecule has 0 spiro atoms. The quantitative estimate of drug-likeness (QED) is 0.841. The normalized spacial score (nSPS) is 17.4. The summed E-state index contributed by atoms with van der Waals surface area (Å²) < 4.78 is 13.4. The SMILES string of the molecule is Cn1cc(CN2CCN(C(=O)CO)CC2)c(-c2ccc3c(c2)OCCCO3)n1. The smallest absolute Gasteiger partial charge is 0.248 e. The van der Waals surface area contributed by atoms with E-state index in [1.165, 1.54) is 0 Å². The maximum absolute atomic E-state index is 11.6. The van der Waals surface area contributed by atoms with Gasteiger partial charge in [0.2, 0.25) is 5.91 Å². The molecule has 2 aliphatic heterocycles. The molecule has 8 heteroatoms. The summed E-state index contributed by atoms with van der Waals surface area (Å²) in [6, 6.07) is 5.98. The molecule has 28 heavy (non-hydrogen) atoms. The van der Waals surface area contributed by atoms with Gasteiger partial charge in [-0.25, -0.2) is 0 Å². The number of aromatic nitrogens is 2. The molecule has 4 rings (SSSR count). The first-order chi connectivity index (χ1) is 13.6. The summed E-state index contributed by atoms with van der Waals surface area (Å²) in [5, 5.41) is 13.7. The van der Waals surface area contributed by atoms with Gasteiger partial charge in [0.15, 0.2) is 11.5 Å². The molecule has 0 aliphatic carbocycles. The van der Waals surface area contributed by atoms with Crippen LogP contribution in [-0.4, -0.2) is 76.6 Å². The minimum atomic E-state index is -0.420. The fourth-order valence-corrected chi connectivity index (χ4v) is 3.70. The van der Waals surface area contributed by atoms with Gasteiger partial charge in [-0.15, -0.1) is 0 Å². The van der Waals surface area contributed by atoms with Crippen LogP contribution in [0.5, 0.6) is 11.5 Å². The molecule has 2 aliphatic rings. The number of piperazine rings is 1. The highest BCUT2D eigenvalue weighted by Gasteiger charge is 2.22. The molecular weight excluding hydrogens is 360 g/mol. The Hall–Kier alpha value is -2.58. The Morgan fingerprint density at radius 1 is 1.14 bits per heavy atom.